The van der Waals surface area contributed by atoms with Crippen LogP contribution in [0, 0.1) is 0 Å². The Bertz CT molecular complexity index is 1190. The number of hydrogen-bond donors (Lipinski definition) is 2. The van der Waals surface area contributed by atoms with E-state index in [4.69, 9.17) is 0 Å². The molecule has 3 aromatic rings. The molecule has 1 atom stereocenters. The van der Waals surface area contributed by atoms with Crippen LogP contribution in [0.4, 0.5) is 24.9 Å². The summed E-state index contributed by atoms with van der Waals surface area (Å²) in [5.41, 5.74) is 0.911. The van der Waals surface area contributed by atoms with E-state index in [-0.39, 0.29) is 24.2 Å². The summed E-state index contributed by atoms with van der Waals surface area (Å²) in [6, 6.07) is 10.8. The first-order chi connectivity index (χ1) is 18.5. The Balaban J connectivity index is 1.02. The van der Waals surface area contributed by atoms with Gasteiger partial charge in [0.1, 0.15) is 5.75 Å². The highest BCUT2D eigenvalue weighted by Gasteiger charge is 2.25. The predicted octanol–water partition coefficient (Wildman–Crippen LogP) is 2.38. The first-order valence-corrected chi connectivity index (χ1v) is 13.2. The third-order valence-electron chi connectivity index (χ3n) is 6.43. The normalized spacial score (nSPS) is 18.6. The standard InChI is InChI=1S/C24H29F2N9O2S/c25-22(26)37-19-4-1-3-17(13-19)14-33-9-11-34(12-10-33)16-21(36)29-24-32-31-23(38-24)28-18-6-8-35(15-18)20-5-2-7-27-30-20/h1-5,7,13,18,22H,6,8-12,14-16H2,(H,28,31)(H,29,32,36)/t18-/m1/s1. The van der Waals surface area contributed by atoms with Crippen molar-refractivity contribution in [2.24, 2.45) is 0 Å². The zero-order chi connectivity index (χ0) is 26.3. The molecular weight excluding hydrogens is 516 g/mol. The molecule has 5 rings (SSSR count). The molecule has 2 saturated heterocycles. The number of carbonyl (C=O) groups is 1. The van der Waals surface area contributed by atoms with Crippen LogP contribution in [0.25, 0.3) is 0 Å². The number of halogens is 2. The highest BCUT2D eigenvalue weighted by atomic mass is 32.1. The van der Waals surface area contributed by atoms with Crippen molar-refractivity contribution in [3.8, 4) is 5.75 Å². The molecule has 38 heavy (non-hydrogen) atoms. The van der Waals surface area contributed by atoms with Gasteiger partial charge in [0.15, 0.2) is 5.82 Å². The van der Waals surface area contributed by atoms with Crippen molar-refractivity contribution in [2.75, 3.05) is 61.3 Å². The van der Waals surface area contributed by atoms with Crippen LogP contribution in [0.5, 0.6) is 5.75 Å². The van der Waals surface area contributed by atoms with Crippen molar-refractivity contribution in [3.63, 3.8) is 0 Å². The summed E-state index contributed by atoms with van der Waals surface area (Å²) in [7, 11) is 0. The minimum Gasteiger partial charge on any atom is -0.435 e. The fourth-order valence-corrected chi connectivity index (χ4v) is 5.34. The van der Waals surface area contributed by atoms with Crippen molar-refractivity contribution >= 4 is 33.3 Å². The van der Waals surface area contributed by atoms with Gasteiger partial charge in [0.25, 0.3) is 0 Å². The molecular formula is C24H29F2N9O2S. The predicted molar refractivity (Wildman–Crippen MR) is 140 cm³/mol. The van der Waals surface area contributed by atoms with Gasteiger partial charge in [0.2, 0.25) is 16.2 Å². The second-order valence-electron chi connectivity index (χ2n) is 9.20. The highest BCUT2D eigenvalue weighted by Crippen LogP contribution is 2.24. The number of nitrogens with one attached hydrogen (secondary N) is 2. The van der Waals surface area contributed by atoms with Crippen LogP contribution in [0.1, 0.15) is 12.0 Å². The number of carbonyl (C=O) groups excluding carboxylic acids is 1. The molecule has 0 spiro atoms. The lowest BCUT2D eigenvalue weighted by Crippen LogP contribution is -2.48. The molecule has 2 aliphatic rings. The zero-order valence-electron chi connectivity index (χ0n) is 20.7. The van der Waals surface area contributed by atoms with E-state index in [1.807, 2.05) is 18.2 Å². The van der Waals surface area contributed by atoms with E-state index in [0.29, 0.717) is 16.8 Å². The van der Waals surface area contributed by atoms with E-state index in [1.165, 1.54) is 17.4 Å². The summed E-state index contributed by atoms with van der Waals surface area (Å²) >= 11 is 1.32. The molecule has 2 aliphatic heterocycles. The van der Waals surface area contributed by atoms with Crippen molar-refractivity contribution in [3.05, 3.63) is 48.2 Å². The van der Waals surface area contributed by atoms with Crippen molar-refractivity contribution in [1.29, 1.82) is 0 Å². The fraction of sp³-hybridized carbons (Fsp3) is 0.458. The van der Waals surface area contributed by atoms with E-state index in [2.05, 4.69) is 50.5 Å². The minimum absolute atomic E-state index is 0.132. The lowest BCUT2D eigenvalue weighted by molar-refractivity contribution is -0.117. The van der Waals surface area contributed by atoms with E-state index >= 15 is 0 Å². The molecule has 0 saturated carbocycles. The topological polar surface area (TPSA) is 112 Å². The molecule has 0 aliphatic carbocycles. The molecule has 1 amide bonds. The lowest BCUT2D eigenvalue weighted by atomic mass is 10.2. The number of aromatic nitrogens is 4. The third-order valence-corrected chi connectivity index (χ3v) is 7.20. The number of piperazine rings is 1. The fourth-order valence-electron chi connectivity index (χ4n) is 4.60. The summed E-state index contributed by atoms with van der Waals surface area (Å²) in [4.78, 5) is 19.1. The first kappa shape index (κ1) is 26.1. The lowest BCUT2D eigenvalue weighted by Gasteiger charge is -2.34. The summed E-state index contributed by atoms with van der Waals surface area (Å²) in [5, 5.41) is 23.8. The zero-order valence-corrected chi connectivity index (χ0v) is 21.5. The minimum atomic E-state index is -2.84. The molecule has 202 valence electrons. The van der Waals surface area contributed by atoms with E-state index in [1.54, 1.807) is 18.3 Å². The van der Waals surface area contributed by atoms with Crippen molar-refractivity contribution in [1.82, 2.24) is 30.2 Å². The van der Waals surface area contributed by atoms with E-state index in [9.17, 15) is 13.6 Å². The number of alkyl halides is 2. The quantitative estimate of drug-likeness (QED) is 0.394. The maximum atomic E-state index is 12.6. The Morgan fingerprint density at radius 1 is 1.05 bits per heavy atom. The molecule has 1 aromatic carbocycles. The van der Waals surface area contributed by atoms with Gasteiger partial charge >= 0.3 is 6.61 Å². The van der Waals surface area contributed by atoms with Gasteiger partial charge in [0, 0.05) is 58.1 Å². The Kier molecular flexibility index (Phi) is 8.51. The SMILES string of the molecule is O=C(CN1CCN(Cc2cccc(OC(F)F)c2)CC1)Nc1nnc(N[C@@H]2CCN(c3cccnn3)C2)s1. The van der Waals surface area contributed by atoms with Gasteiger partial charge < -0.3 is 15.0 Å². The number of hydrogen-bond acceptors (Lipinski definition) is 11. The average Bonchev–Trinajstić information content (AvgIpc) is 3.55. The van der Waals surface area contributed by atoms with Gasteiger partial charge in [-0.2, -0.15) is 13.9 Å². The molecule has 4 heterocycles. The van der Waals surface area contributed by atoms with Crippen LogP contribution in [-0.2, 0) is 11.3 Å². The van der Waals surface area contributed by atoms with Gasteiger partial charge in [-0.1, -0.05) is 23.5 Å². The second kappa shape index (κ2) is 12.4. The largest absolute Gasteiger partial charge is 0.435 e. The number of nitrogens with zero attached hydrogens (tertiary/aromatic N) is 7. The third kappa shape index (κ3) is 7.30. The van der Waals surface area contributed by atoms with Crippen molar-refractivity contribution < 1.29 is 18.3 Å². The van der Waals surface area contributed by atoms with Crippen LogP contribution in [0.15, 0.2) is 42.6 Å². The van der Waals surface area contributed by atoms with Gasteiger partial charge in [-0.15, -0.1) is 15.3 Å². The maximum Gasteiger partial charge on any atom is 0.387 e. The number of amides is 1. The van der Waals surface area contributed by atoms with Crippen LogP contribution >= 0.6 is 11.3 Å². The highest BCUT2D eigenvalue weighted by molar-refractivity contribution is 7.19. The Hall–Kier alpha value is -3.49. The average molecular weight is 546 g/mol. The summed E-state index contributed by atoms with van der Waals surface area (Å²) in [6.45, 7) is 2.74. The smallest absolute Gasteiger partial charge is 0.387 e. The molecule has 2 fully saturated rings. The maximum absolute atomic E-state index is 12.6. The van der Waals surface area contributed by atoms with E-state index < -0.39 is 6.61 Å². The van der Waals surface area contributed by atoms with Crippen molar-refractivity contribution in [2.45, 2.75) is 25.6 Å². The molecule has 0 bridgehead atoms. The number of rotatable bonds is 10. The Morgan fingerprint density at radius 2 is 1.87 bits per heavy atom. The summed E-state index contributed by atoms with van der Waals surface area (Å²) < 4.78 is 29.4. The Morgan fingerprint density at radius 3 is 2.66 bits per heavy atom. The molecule has 14 heteroatoms. The number of anilines is 3. The summed E-state index contributed by atoms with van der Waals surface area (Å²) in [6.07, 6.45) is 2.60. The summed E-state index contributed by atoms with van der Waals surface area (Å²) in [5.74, 6) is 0.888. The molecule has 2 aromatic heterocycles. The monoisotopic (exact) mass is 545 g/mol. The molecule has 0 radical (unpaired) electrons. The first-order valence-electron chi connectivity index (χ1n) is 12.4. The Labute approximate surface area is 222 Å². The molecule has 11 nitrogen and oxygen atoms in total. The van der Waals surface area contributed by atoms with Crippen LogP contribution in [-0.4, -0.2) is 94.6 Å². The van der Waals surface area contributed by atoms with Crippen LogP contribution < -0.4 is 20.3 Å². The van der Waals surface area contributed by atoms with Gasteiger partial charge in [-0.3, -0.25) is 19.9 Å². The van der Waals surface area contributed by atoms with Crippen LogP contribution in [0.2, 0.25) is 0 Å². The second-order valence-corrected chi connectivity index (χ2v) is 10.2. The number of benzene rings is 1. The number of ether oxygens (including phenoxy) is 1. The van der Waals surface area contributed by atoms with Crippen LogP contribution in [0.3, 0.4) is 0 Å². The molecule has 0 unspecified atom stereocenters. The van der Waals surface area contributed by atoms with Gasteiger partial charge in [0.05, 0.1) is 6.54 Å². The molecule has 2 N–H and O–H groups in total. The van der Waals surface area contributed by atoms with Gasteiger partial charge in [-0.25, -0.2) is 0 Å². The van der Waals surface area contributed by atoms with Gasteiger partial charge in [-0.05, 0) is 36.2 Å². The van der Waals surface area contributed by atoms with E-state index in [0.717, 1.165) is 57.1 Å².